The number of rotatable bonds is 2. The quantitative estimate of drug-likeness (QED) is 0.625. The molecule has 74 valence electrons. The fourth-order valence-corrected chi connectivity index (χ4v) is 1.34. The lowest BCUT2D eigenvalue weighted by atomic mass is 9.88. The molecule has 2 nitrogen and oxygen atoms in total. The Morgan fingerprint density at radius 1 is 0.929 bits per heavy atom. The van der Waals surface area contributed by atoms with E-state index in [2.05, 4.69) is 23.7 Å². The third-order valence-electron chi connectivity index (χ3n) is 2.32. The van der Waals surface area contributed by atoms with Crippen molar-refractivity contribution in [2.75, 3.05) is 13.2 Å². The van der Waals surface area contributed by atoms with Crippen molar-refractivity contribution in [2.45, 2.75) is 12.8 Å². The van der Waals surface area contributed by atoms with E-state index in [-0.39, 0.29) is 25.0 Å². The molecule has 0 radical (unpaired) electrons. The summed E-state index contributed by atoms with van der Waals surface area (Å²) in [7, 11) is 0. The van der Waals surface area contributed by atoms with E-state index >= 15 is 0 Å². The standard InChI is InChI=1S/C12H14O2/c13-9-11-7-5-3-1-2-4-6-8-12(11)10-14/h1-2,11-14H,7-10H2/b2-1-. The molecule has 0 saturated carbocycles. The van der Waals surface area contributed by atoms with E-state index in [1.807, 2.05) is 0 Å². The average Bonchev–Trinajstić information content (AvgIpc) is 2.24. The number of aliphatic hydroxyl groups is 2. The Hall–Kier alpha value is -1.22. The average molecular weight is 190 g/mol. The third-order valence-corrected chi connectivity index (χ3v) is 2.32. The van der Waals surface area contributed by atoms with Crippen molar-refractivity contribution in [2.24, 2.45) is 11.8 Å². The molecule has 0 saturated heterocycles. The van der Waals surface area contributed by atoms with E-state index in [1.54, 1.807) is 12.2 Å². The first-order chi connectivity index (χ1) is 6.88. The van der Waals surface area contributed by atoms with Gasteiger partial charge in [0.05, 0.1) is 0 Å². The zero-order valence-electron chi connectivity index (χ0n) is 8.03. The van der Waals surface area contributed by atoms with Gasteiger partial charge in [-0.05, 0) is 24.0 Å². The summed E-state index contributed by atoms with van der Waals surface area (Å²) in [4.78, 5) is 0. The Balaban J connectivity index is 2.74. The van der Waals surface area contributed by atoms with Crippen molar-refractivity contribution in [1.82, 2.24) is 0 Å². The van der Waals surface area contributed by atoms with Crippen LogP contribution in [0.5, 0.6) is 0 Å². The monoisotopic (exact) mass is 190 g/mol. The summed E-state index contributed by atoms with van der Waals surface area (Å²) in [6.45, 7) is 0.122. The van der Waals surface area contributed by atoms with E-state index in [0.29, 0.717) is 12.8 Å². The normalized spacial score (nSPS) is 27.9. The van der Waals surface area contributed by atoms with Gasteiger partial charge in [-0.15, -0.1) is 0 Å². The molecule has 2 unspecified atom stereocenters. The Labute approximate surface area is 84.6 Å². The predicted octanol–water partition coefficient (Wildman–Crippen LogP) is 0.560. The minimum Gasteiger partial charge on any atom is -0.396 e. The van der Waals surface area contributed by atoms with E-state index in [9.17, 15) is 0 Å². The number of allylic oxidation sites excluding steroid dienone is 2. The van der Waals surface area contributed by atoms with Crippen molar-refractivity contribution in [3.8, 4) is 23.7 Å². The van der Waals surface area contributed by atoms with Crippen LogP contribution in [0.15, 0.2) is 12.2 Å². The van der Waals surface area contributed by atoms with E-state index in [4.69, 9.17) is 10.2 Å². The summed E-state index contributed by atoms with van der Waals surface area (Å²) in [6, 6.07) is 0. The van der Waals surface area contributed by atoms with Crippen LogP contribution < -0.4 is 0 Å². The molecule has 0 aromatic rings. The highest BCUT2D eigenvalue weighted by Gasteiger charge is 2.18. The molecule has 0 aromatic carbocycles. The maximum absolute atomic E-state index is 9.13. The van der Waals surface area contributed by atoms with Gasteiger partial charge < -0.3 is 10.2 Å². The van der Waals surface area contributed by atoms with Crippen molar-refractivity contribution in [1.29, 1.82) is 0 Å². The summed E-state index contributed by atoms with van der Waals surface area (Å²) in [5.74, 6) is 11.6. The summed E-state index contributed by atoms with van der Waals surface area (Å²) in [6.07, 6.45) is 4.66. The lowest BCUT2D eigenvalue weighted by Gasteiger charge is -2.19. The van der Waals surface area contributed by atoms with Crippen molar-refractivity contribution in [3.63, 3.8) is 0 Å². The van der Waals surface area contributed by atoms with Gasteiger partial charge >= 0.3 is 0 Å². The molecule has 0 fully saturated rings. The fraction of sp³-hybridized carbons (Fsp3) is 0.500. The maximum Gasteiger partial charge on any atom is 0.0472 e. The van der Waals surface area contributed by atoms with Crippen LogP contribution in [0.2, 0.25) is 0 Å². The van der Waals surface area contributed by atoms with Gasteiger partial charge in [0.2, 0.25) is 0 Å². The highest BCUT2D eigenvalue weighted by Crippen LogP contribution is 2.18. The molecule has 2 heteroatoms. The molecule has 0 aliphatic heterocycles. The second-order valence-electron chi connectivity index (χ2n) is 3.27. The Bertz CT molecular complexity index is 277. The van der Waals surface area contributed by atoms with Crippen LogP contribution in [-0.4, -0.2) is 23.4 Å². The first-order valence-corrected chi connectivity index (χ1v) is 4.72. The highest BCUT2D eigenvalue weighted by molar-refractivity contribution is 5.25. The molecule has 2 N–H and O–H groups in total. The maximum atomic E-state index is 9.13. The summed E-state index contributed by atoms with van der Waals surface area (Å²) in [5.41, 5.74) is 0. The SMILES string of the molecule is OCC1CC#C/C=C\C#CCC1CO. The first-order valence-electron chi connectivity index (χ1n) is 4.72. The van der Waals surface area contributed by atoms with Gasteiger partial charge in [0, 0.05) is 26.1 Å². The molecule has 0 aromatic heterocycles. The molecule has 0 bridgehead atoms. The smallest absolute Gasteiger partial charge is 0.0472 e. The summed E-state index contributed by atoms with van der Waals surface area (Å²) < 4.78 is 0. The zero-order valence-corrected chi connectivity index (χ0v) is 8.03. The largest absolute Gasteiger partial charge is 0.396 e. The van der Waals surface area contributed by atoms with E-state index in [1.165, 1.54) is 0 Å². The Kier molecular flexibility index (Phi) is 4.86. The van der Waals surface area contributed by atoms with Crippen LogP contribution in [0.25, 0.3) is 0 Å². The molecule has 2 atom stereocenters. The number of aliphatic hydroxyl groups excluding tert-OH is 2. The molecule has 1 rings (SSSR count). The molecular weight excluding hydrogens is 176 g/mol. The second-order valence-corrected chi connectivity index (χ2v) is 3.27. The van der Waals surface area contributed by atoms with Crippen LogP contribution in [0.4, 0.5) is 0 Å². The molecule has 1 aliphatic carbocycles. The Morgan fingerprint density at radius 3 is 1.71 bits per heavy atom. The van der Waals surface area contributed by atoms with Gasteiger partial charge in [0.15, 0.2) is 0 Å². The molecule has 0 heterocycles. The third kappa shape index (κ3) is 3.26. The molecule has 0 amide bonds. The van der Waals surface area contributed by atoms with Gasteiger partial charge in [-0.1, -0.05) is 23.7 Å². The van der Waals surface area contributed by atoms with Crippen LogP contribution in [0.3, 0.4) is 0 Å². The topological polar surface area (TPSA) is 40.5 Å². The van der Waals surface area contributed by atoms with Crippen molar-refractivity contribution >= 4 is 0 Å². The Morgan fingerprint density at radius 2 is 1.36 bits per heavy atom. The summed E-state index contributed by atoms with van der Waals surface area (Å²) >= 11 is 0. The van der Waals surface area contributed by atoms with Gasteiger partial charge in [0.25, 0.3) is 0 Å². The second kappa shape index (κ2) is 6.27. The van der Waals surface area contributed by atoms with Crippen LogP contribution in [-0.2, 0) is 0 Å². The summed E-state index contributed by atoms with van der Waals surface area (Å²) in [5, 5.41) is 18.3. The molecule has 14 heavy (non-hydrogen) atoms. The minimum absolute atomic E-state index is 0.0355. The van der Waals surface area contributed by atoms with Gasteiger partial charge in [-0.25, -0.2) is 0 Å². The van der Waals surface area contributed by atoms with E-state index in [0.717, 1.165) is 0 Å². The van der Waals surface area contributed by atoms with E-state index < -0.39 is 0 Å². The number of hydrogen-bond donors (Lipinski definition) is 2. The van der Waals surface area contributed by atoms with Crippen molar-refractivity contribution in [3.05, 3.63) is 12.2 Å². The molecular formula is C12H14O2. The van der Waals surface area contributed by atoms with Crippen molar-refractivity contribution < 1.29 is 10.2 Å². The van der Waals surface area contributed by atoms with Crippen LogP contribution in [0.1, 0.15) is 12.8 Å². The lowest BCUT2D eigenvalue weighted by Crippen LogP contribution is -2.21. The van der Waals surface area contributed by atoms with Crippen LogP contribution in [0, 0.1) is 35.5 Å². The van der Waals surface area contributed by atoms with Gasteiger partial charge in [-0.2, -0.15) is 0 Å². The first kappa shape index (κ1) is 10.9. The zero-order chi connectivity index (χ0) is 10.2. The highest BCUT2D eigenvalue weighted by atomic mass is 16.3. The number of hydrogen-bond acceptors (Lipinski definition) is 2. The van der Waals surface area contributed by atoms with Gasteiger partial charge in [0.1, 0.15) is 0 Å². The molecule has 0 spiro atoms. The fourth-order valence-electron chi connectivity index (χ4n) is 1.34. The minimum atomic E-state index is 0.0355. The molecule has 1 aliphatic rings. The van der Waals surface area contributed by atoms with Crippen LogP contribution >= 0.6 is 0 Å². The predicted molar refractivity (Wildman–Crippen MR) is 55.1 cm³/mol. The van der Waals surface area contributed by atoms with Gasteiger partial charge in [-0.3, -0.25) is 0 Å². The lowest BCUT2D eigenvalue weighted by molar-refractivity contribution is 0.125.